The number of likely N-dealkylation sites (N-methyl/N-ethyl adjacent to an activating group) is 7. The predicted molar refractivity (Wildman–Crippen MR) is 391 cm³/mol. The Kier molecular flexibility index (Phi) is 31.1. The lowest BCUT2D eigenvalue weighted by Gasteiger charge is -2.37. The first kappa shape index (κ1) is 82.9. The minimum Gasteiger partial charge on any atom is -0.391 e. The fourth-order valence-corrected chi connectivity index (χ4v) is 12.8. The van der Waals surface area contributed by atoms with Crippen molar-refractivity contribution in [1.29, 1.82) is 0 Å². The van der Waals surface area contributed by atoms with Crippen molar-refractivity contribution in [3.05, 3.63) is 144 Å². The van der Waals surface area contributed by atoms with Crippen molar-refractivity contribution in [2.45, 2.75) is 173 Å². The lowest BCUT2D eigenvalue weighted by Crippen LogP contribution is -2.62. The van der Waals surface area contributed by atoms with Crippen LogP contribution in [0.2, 0.25) is 0 Å². The summed E-state index contributed by atoms with van der Waals surface area (Å²) in [7, 11) is 9.41. The molecule has 0 aromatic heterocycles. The maximum Gasteiger partial charge on any atom is 0.246 e. The minimum atomic E-state index is -1.95. The molecule has 0 saturated carbocycles. The number of aliphatic hydroxyl groups excluding tert-OH is 1. The van der Waals surface area contributed by atoms with Crippen molar-refractivity contribution in [2.75, 3.05) is 75.5 Å². The highest BCUT2D eigenvalue weighted by Crippen LogP contribution is 2.23. The van der Waals surface area contributed by atoms with Crippen molar-refractivity contribution in [2.24, 2.45) is 11.8 Å². The van der Waals surface area contributed by atoms with Gasteiger partial charge >= 0.3 is 0 Å². The van der Waals surface area contributed by atoms with Crippen LogP contribution in [0, 0.1) is 11.8 Å². The minimum absolute atomic E-state index is 0.0293. The van der Waals surface area contributed by atoms with Crippen LogP contribution in [-0.2, 0) is 88.0 Å². The maximum absolute atomic E-state index is 15.7. The fraction of sp³-hybridized carbons (Fsp3) is 0.519. The molecule has 13 amide bonds. The Hall–Kier alpha value is -10.0. The Labute approximate surface area is 611 Å². The summed E-state index contributed by atoms with van der Waals surface area (Å²) >= 11 is 0. The summed E-state index contributed by atoms with van der Waals surface area (Å²) in [4.78, 5) is 202. The summed E-state index contributed by atoms with van der Waals surface area (Å²) < 4.78 is 0. The summed E-state index contributed by atoms with van der Waals surface area (Å²) in [6, 6.07) is 20.9. The van der Waals surface area contributed by atoms with E-state index >= 15 is 14.4 Å². The number of aliphatic hydroxyl groups is 1. The monoisotopic (exact) mass is 1440 g/mol. The van der Waals surface area contributed by atoms with Crippen molar-refractivity contribution >= 4 is 76.8 Å². The van der Waals surface area contributed by atoms with Gasteiger partial charge in [0.2, 0.25) is 76.8 Å². The van der Waals surface area contributed by atoms with Crippen LogP contribution < -0.4 is 26.6 Å². The van der Waals surface area contributed by atoms with Crippen LogP contribution in [-0.4, -0.2) is 263 Å². The number of hydrogen-bond acceptors (Lipinski definition) is 14. The van der Waals surface area contributed by atoms with E-state index in [9.17, 15) is 53.1 Å². The molecular weight excluding hydrogens is 1330 g/mol. The third kappa shape index (κ3) is 22.7. The van der Waals surface area contributed by atoms with Gasteiger partial charge in [0.15, 0.2) is 0 Å². The average Bonchev–Trinajstić information content (AvgIpc) is 0.807. The third-order valence-electron chi connectivity index (χ3n) is 19.6. The summed E-state index contributed by atoms with van der Waals surface area (Å²) in [6.07, 6.45) is -0.285. The normalized spacial score (nSPS) is 22.1. The number of carbonyl (C=O) groups excluding carboxylic acids is 13. The van der Waals surface area contributed by atoms with E-state index in [2.05, 4.69) is 26.6 Å². The molecule has 2 aliphatic rings. The second kappa shape index (κ2) is 39.0. The average molecular weight is 1440 g/mol. The highest BCUT2D eigenvalue weighted by Gasteiger charge is 2.43. The molecule has 0 unspecified atom stereocenters. The molecule has 564 valence electrons. The summed E-state index contributed by atoms with van der Waals surface area (Å²) in [6.45, 7) is 10.8. The van der Waals surface area contributed by atoms with Crippen molar-refractivity contribution < 1.29 is 67.4 Å². The lowest BCUT2D eigenvalue weighted by atomic mass is 9.97. The Morgan fingerprint density at radius 1 is 0.538 bits per heavy atom. The molecule has 2 aliphatic heterocycles. The van der Waals surface area contributed by atoms with Crippen LogP contribution >= 0.6 is 0 Å². The quantitative estimate of drug-likeness (QED) is 0.0783. The molecule has 6 N–H and O–H groups in total. The maximum atomic E-state index is 15.7. The molecule has 0 radical (unpaired) electrons. The Morgan fingerprint density at radius 2 is 1.03 bits per heavy atom. The topological polar surface area (TPSA) is 328 Å². The zero-order chi connectivity index (χ0) is 76.8. The van der Waals surface area contributed by atoms with Crippen LogP contribution in [0.25, 0.3) is 0 Å². The van der Waals surface area contributed by atoms with E-state index in [0.29, 0.717) is 35.3 Å². The van der Waals surface area contributed by atoms with E-state index in [1.54, 1.807) is 147 Å². The SMILES string of the molecule is CC(C)C[C@H]1C(=O)N(C)[C@@H](Cc2ccccc2)C(=O)NCC(=O)N(C)[C@@H](Cc2ccccc2)C(=O)N(C)[C@@H](C)C(=O)N[C@@H]([C@@H](C)O)C(=O)N[C@H](C(=O)N(C)[C@@H](Cc2ccccc2)C(=O)N(C)[C@@H](Cc2ccccc2)C(=O)N[C@@H](C)C(=O)N2CCCCC2)CC(=O)N(C)CC(=O)N[C@@H](C(C)C)C(=O)N1C. The van der Waals surface area contributed by atoms with Gasteiger partial charge in [0, 0.05) is 88.1 Å². The zero-order valence-electron chi connectivity index (χ0n) is 62.6. The van der Waals surface area contributed by atoms with Gasteiger partial charge in [-0.1, -0.05) is 149 Å². The molecule has 6 rings (SSSR count). The molecule has 2 fully saturated rings. The predicted octanol–water partition coefficient (Wildman–Crippen LogP) is 1.97. The van der Waals surface area contributed by atoms with Gasteiger partial charge in [-0.05, 0) is 80.5 Å². The van der Waals surface area contributed by atoms with E-state index in [4.69, 9.17) is 0 Å². The first-order chi connectivity index (χ1) is 49.2. The van der Waals surface area contributed by atoms with Crippen LogP contribution in [0.3, 0.4) is 0 Å². The van der Waals surface area contributed by atoms with Crippen molar-refractivity contribution in [3.8, 4) is 0 Å². The van der Waals surface area contributed by atoms with Gasteiger partial charge in [0.25, 0.3) is 0 Å². The fourth-order valence-electron chi connectivity index (χ4n) is 12.8. The number of benzene rings is 4. The largest absolute Gasteiger partial charge is 0.391 e. The van der Waals surface area contributed by atoms with Gasteiger partial charge in [-0.25, -0.2) is 0 Å². The van der Waals surface area contributed by atoms with Gasteiger partial charge in [-0.15, -0.1) is 0 Å². The number of piperidine rings is 1. The highest BCUT2D eigenvalue weighted by molar-refractivity contribution is 6.01. The van der Waals surface area contributed by atoms with Gasteiger partial charge in [-0.3, -0.25) is 62.3 Å². The van der Waals surface area contributed by atoms with Gasteiger partial charge in [0.05, 0.1) is 25.6 Å². The van der Waals surface area contributed by atoms with Crippen LogP contribution in [0.4, 0.5) is 0 Å². The molecular formula is C77H107N13O14. The molecule has 104 heavy (non-hydrogen) atoms. The van der Waals surface area contributed by atoms with Crippen LogP contribution in [0.5, 0.6) is 0 Å². The smallest absolute Gasteiger partial charge is 0.246 e. The summed E-state index contributed by atoms with van der Waals surface area (Å²) in [5, 5.41) is 24.7. The number of likely N-dealkylation sites (tertiary alicyclic amines) is 1. The van der Waals surface area contributed by atoms with E-state index < -0.39 is 163 Å². The molecule has 2 saturated heterocycles. The van der Waals surface area contributed by atoms with Gasteiger partial charge in [-0.2, -0.15) is 0 Å². The Morgan fingerprint density at radius 3 is 1.54 bits per heavy atom. The zero-order valence-corrected chi connectivity index (χ0v) is 62.6. The molecule has 4 aromatic carbocycles. The first-order valence-electron chi connectivity index (χ1n) is 35.7. The standard InChI is InChI=1S/C77H107N13O14/c1-48(2)40-60-75(102)86(11)58(41-53-30-20-15-21-31-53)69(96)78-46-65(94)85(10)61(43-55-34-24-17-25-35-55)74(101)84(9)51(6)68(95)82-67(52(7)91)71(98)80-57(45-64(93)83(8)47-63(92)81-66(49(3)4)77(104)89(60)14)73(100)88(13)62(44-56-36-26-18-27-37-56)76(103)87(12)59(42-54-32-22-16-23-33-54)70(97)79-50(5)72(99)90-38-28-19-29-39-90/h15-18,20-27,30-37,48-52,57-62,66-67,91H,19,28-29,38-47H2,1-14H3,(H,78,96)(H,79,97)(H,80,98)(H,81,92)(H,82,95)/t50-,51-,52+,57-,58-,59-,60-,61-,62-,66-,67-/m0/s1. The Bertz CT molecular complexity index is 3620. The van der Waals surface area contributed by atoms with E-state index in [1.165, 1.54) is 77.9 Å². The molecule has 2 heterocycles. The first-order valence-corrected chi connectivity index (χ1v) is 35.7. The van der Waals surface area contributed by atoms with Crippen molar-refractivity contribution in [3.63, 3.8) is 0 Å². The molecule has 0 spiro atoms. The number of nitrogens with one attached hydrogen (secondary N) is 5. The van der Waals surface area contributed by atoms with Crippen molar-refractivity contribution in [1.82, 2.24) is 65.8 Å². The molecule has 0 aliphatic carbocycles. The second-order valence-electron chi connectivity index (χ2n) is 28.3. The van der Waals surface area contributed by atoms with E-state index in [0.717, 1.165) is 38.9 Å². The Balaban J connectivity index is 1.43. The lowest BCUT2D eigenvalue weighted by molar-refractivity contribution is -0.151. The number of nitrogens with zero attached hydrogens (tertiary/aromatic N) is 8. The second-order valence-corrected chi connectivity index (χ2v) is 28.3. The third-order valence-corrected chi connectivity index (χ3v) is 19.6. The van der Waals surface area contributed by atoms with Crippen LogP contribution in [0.1, 0.15) is 103 Å². The van der Waals surface area contributed by atoms with Gasteiger partial charge < -0.3 is 70.9 Å². The van der Waals surface area contributed by atoms with Gasteiger partial charge in [0.1, 0.15) is 60.4 Å². The van der Waals surface area contributed by atoms with Crippen LogP contribution in [0.15, 0.2) is 121 Å². The molecule has 27 heteroatoms. The summed E-state index contributed by atoms with van der Waals surface area (Å²) in [5.41, 5.74) is 2.49. The van der Waals surface area contributed by atoms with E-state index in [-0.39, 0.29) is 43.9 Å². The number of rotatable bonds is 19. The number of carbonyl (C=O) groups is 13. The highest BCUT2D eigenvalue weighted by atomic mass is 16.3. The van der Waals surface area contributed by atoms with E-state index in [1.807, 2.05) is 13.8 Å². The molecule has 0 bridgehead atoms. The molecule has 4 aromatic rings. The number of amides is 13. The molecule has 11 atom stereocenters. The summed E-state index contributed by atoms with van der Waals surface area (Å²) in [5.74, 6) is -11.1. The number of hydrogen-bond donors (Lipinski definition) is 6. The molecule has 27 nitrogen and oxygen atoms in total.